The molecule has 0 bridgehead atoms. The van der Waals surface area contributed by atoms with Gasteiger partial charge in [0.15, 0.2) is 18.1 Å². The maximum Gasteiger partial charge on any atom is 0.266 e. The maximum atomic E-state index is 13.0. The number of hydrogen-bond donors (Lipinski definition) is 1. The molecule has 0 aliphatic carbocycles. The standard InChI is InChI=1S/C24H19FN2O5S2/c1-30-20-11-15(12-21-23(29)27(24(33)34-21)13-18-3-2-10-31-18)4-9-19(20)32-14-22(28)26-17-7-5-16(25)6-8-17/h2-12H,13-14H2,1H3,(H,26,28)/b21-12-. The van der Waals surface area contributed by atoms with Crippen LogP contribution in [0.1, 0.15) is 11.3 Å². The van der Waals surface area contributed by atoms with Crippen LogP contribution in [-0.4, -0.2) is 34.8 Å². The number of rotatable bonds is 8. The van der Waals surface area contributed by atoms with Gasteiger partial charge >= 0.3 is 0 Å². The zero-order valence-corrected chi connectivity index (χ0v) is 19.6. The van der Waals surface area contributed by atoms with Crippen molar-refractivity contribution in [3.8, 4) is 11.5 Å². The number of halogens is 1. The van der Waals surface area contributed by atoms with E-state index in [-0.39, 0.29) is 24.9 Å². The molecule has 4 rings (SSSR count). The normalized spacial score (nSPS) is 14.5. The van der Waals surface area contributed by atoms with Gasteiger partial charge in [0.25, 0.3) is 11.8 Å². The Morgan fingerprint density at radius 2 is 2.00 bits per heavy atom. The van der Waals surface area contributed by atoms with Crippen LogP contribution in [0, 0.1) is 5.82 Å². The monoisotopic (exact) mass is 498 g/mol. The highest BCUT2D eigenvalue weighted by Gasteiger charge is 2.32. The molecule has 2 heterocycles. The van der Waals surface area contributed by atoms with Gasteiger partial charge < -0.3 is 19.2 Å². The van der Waals surface area contributed by atoms with Crippen molar-refractivity contribution in [1.29, 1.82) is 0 Å². The van der Waals surface area contributed by atoms with Crippen LogP contribution in [0.15, 0.2) is 70.2 Å². The number of thiocarbonyl (C=S) groups is 1. The van der Waals surface area contributed by atoms with E-state index in [2.05, 4.69) is 5.32 Å². The third kappa shape index (κ3) is 5.64. The van der Waals surface area contributed by atoms with Gasteiger partial charge in [0, 0.05) is 5.69 Å². The Labute approximate surface area is 204 Å². The molecule has 0 spiro atoms. The zero-order valence-electron chi connectivity index (χ0n) is 17.9. The van der Waals surface area contributed by atoms with Gasteiger partial charge in [-0.05, 0) is 60.2 Å². The van der Waals surface area contributed by atoms with E-state index >= 15 is 0 Å². The topological polar surface area (TPSA) is 81.0 Å². The molecule has 3 aromatic rings. The minimum atomic E-state index is -0.405. The number of anilines is 1. The van der Waals surface area contributed by atoms with E-state index in [1.165, 1.54) is 48.0 Å². The number of ether oxygens (including phenoxy) is 2. The van der Waals surface area contributed by atoms with E-state index < -0.39 is 5.91 Å². The molecule has 1 aromatic heterocycles. The number of hydrogen-bond acceptors (Lipinski definition) is 7. The Morgan fingerprint density at radius 1 is 1.21 bits per heavy atom. The number of amides is 2. The molecule has 1 fully saturated rings. The smallest absolute Gasteiger partial charge is 0.266 e. The number of nitrogens with one attached hydrogen (secondary N) is 1. The lowest BCUT2D eigenvalue weighted by molar-refractivity contribution is -0.122. The molecule has 2 aromatic carbocycles. The molecule has 1 aliphatic heterocycles. The van der Waals surface area contributed by atoms with Crippen LogP contribution in [0.25, 0.3) is 6.08 Å². The van der Waals surface area contributed by atoms with E-state index in [9.17, 15) is 14.0 Å². The Balaban J connectivity index is 1.41. The maximum absolute atomic E-state index is 13.0. The van der Waals surface area contributed by atoms with Crippen LogP contribution in [0.3, 0.4) is 0 Å². The number of carbonyl (C=O) groups excluding carboxylic acids is 2. The second kappa shape index (κ2) is 10.5. The Bertz CT molecular complexity index is 1240. The summed E-state index contributed by atoms with van der Waals surface area (Å²) in [7, 11) is 1.48. The largest absolute Gasteiger partial charge is 0.493 e. The summed E-state index contributed by atoms with van der Waals surface area (Å²) in [5.41, 5.74) is 1.17. The van der Waals surface area contributed by atoms with E-state index in [1.54, 1.807) is 42.7 Å². The van der Waals surface area contributed by atoms with Crippen molar-refractivity contribution in [1.82, 2.24) is 4.90 Å². The minimum absolute atomic E-state index is 0.205. The predicted molar refractivity (Wildman–Crippen MR) is 131 cm³/mol. The molecule has 0 radical (unpaired) electrons. The number of thioether (sulfide) groups is 1. The number of methoxy groups -OCH3 is 1. The van der Waals surface area contributed by atoms with E-state index in [1.807, 2.05) is 0 Å². The summed E-state index contributed by atoms with van der Waals surface area (Å²) in [4.78, 5) is 26.9. The molecule has 7 nitrogen and oxygen atoms in total. The molecule has 0 atom stereocenters. The van der Waals surface area contributed by atoms with Crippen LogP contribution in [0.2, 0.25) is 0 Å². The molecular formula is C24H19FN2O5S2. The number of furan rings is 1. The first kappa shape index (κ1) is 23.5. The fourth-order valence-corrected chi connectivity index (χ4v) is 4.37. The van der Waals surface area contributed by atoms with Crippen molar-refractivity contribution in [3.63, 3.8) is 0 Å². The fourth-order valence-electron chi connectivity index (χ4n) is 3.11. The molecule has 2 amide bonds. The first-order valence-electron chi connectivity index (χ1n) is 10.1. The van der Waals surface area contributed by atoms with Crippen molar-refractivity contribution in [2.24, 2.45) is 0 Å². The molecule has 174 valence electrons. The average molecular weight is 499 g/mol. The SMILES string of the molecule is COc1cc(/C=C2\SC(=S)N(Cc3ccco3)C2=O)ccc1OCC(=O)Nc1ccc(F)cc1. The van der Waals surface area contributed by atoms with Crippen LogP contribution in [0.4, 0.5) is 10.1 Å². The van der Waals surface area contributed by atoms with Crippen molar-refractivity contribution >= 4 is 51.9 Å². The lowest BCUT2D eigenvalue weighted by atomic mass is 10.2. The zero-order chi connectivity index (χ0) is 24.1. The van der Waals surface area contributed by atoms with Crippen molar-refractivity contribution < 1.29 is 27.9 Å². The van der Waals surface area contributed by atoms with Crippen LogP contribution >= 0.6 is 24.0 Å². The lowest BCUT2D eigenvalue weighted by Crippen LogP contribution is -2.27. The predicted octanol–water partition coefficient (Wildman–Crippen LogP) is 4.85. The highest BCUT2D eigenvalue weighted by Crippen LogP contribution is 2.35. The number of carbonyl (C=O) groups is 2. The van der Waals surface area contributed by atoms with Crippen LogP contribution in [-0.2, 0) is 16.1 Å². The first-order chi connectivity index (χ1) is 16.4. The van der Waals surface area contributed by atoms with E-state index in [4.69, 9.17) is 26.1 Å². The lowest BCUT2D eigenvalue weighted by Gasteiger charge is -2.12. The van der Waals surface area contributed by atoms with E-state index in [0.717, 1.165) is 0 Å². The Morgan fingerprint density at radius 3 is 2.71 bits per heavy atom. The molecule has 1 saturated heterocycles. The summed E-state index contributed by atoms with van der Waals surface area (Å²) in [6.45, 7) is 0.00358. The van der Waals surface area contributed by atoms with Crippen LogP contribution < -0.4 is 14.8 Å². The van der Waals surface area contributed by atoms with E-state index in [0.29, 0.717) is 37.7 Å². The highest BCUT2D eigenvalue weighted by molar-refractivity contribution is 8.26. The summed E-state index contributed by atoms with van der Waals surface area (Å²) in [5.74, 6) is 0.401. The minimum Gasteiger partial charge on any atom is -0.493 e. The molecule has 34 heavy (non-hydrogen) atoms. The van der Waals surface area contributed by atoms with Gasteiger partial charge in [0.1, 0.15) is 15.9 Å². The summed E-state index contributed by atoms with van der Waals surface area (Å²) in [5, 5.41) is 2.62. The summed E-state index contributed by atoms with van der Waals surface area (Å²) in [6, 6.07) is 14.1. The molecular weight excluding hydrogens is 479 g/mol. The van der Waals surface area contributed by atoms with Gasteiger partial charge in [0.05, 0.1) is 24.8 Å². The third-order valence-electron chi connectivity index (χ3n) is 4.74. The van der Waals surface area contributed by atoms with Crippen LogP contribution in [0.5, 0.6) is 11.5 Å². The quantitative estimate of drug-likeness (QED) is 0.351. The van der Waals surface area contributed by atoms with Gasteiger partial charge in [-0.3, -0.25) is 14.5 Å². The Hall–Kier alpha value is -3.63. The average Bonchev–Trinajstić information content (AvgIpc) is 3.44. The second-order valence-electron chi connectivity index (χ2n) is 7.10. The number of benzene rings is 2. The highest BCUT2D eigenvalue weighted by atomic mass is 32.2. The molecule has 0 unspecified atom stereocenters. The third-order valence-corrected chi connectivity index (χ3v) is 6.12. The van der Waals surface area contributed by atoms with Gasteiger partial charge in [-0.1, -0.05) is 30.0 Å². The van der Waals surface area contributed by atoms with Crippen molar-refractivity contribution in [2.45, 2.75) is 6.54 Å². The van der Waals surface area contributed by atoms with Gasteiger partial charge in [-0.2, -0.15) is 0 Å². The number of nitrogens with zero attached hydrogens (tertiary/aromatic N) is 1. The Kier molecular flexibility index (Phi) is 7.29. The van der Waals surface area contributed by atoms with Gasteiger partial charge in [0.2, 0.25) is 0 Å². The van der Waals surface area contributed by atoms with Gasteiger partial charge in [-0.15, -0.1) is 0 Å². The molecule has 0 saturated carbocycles. The fraction of sp³-hybridized carbons (Fsp3) is 0.125. The van der Waals surface area contributed by atoms with Gasteiger partial charge in [-0.25, -0.2) is 4.39 Å². The molecule has 1 N–H and O–H groups in total. The van der Waals surface area contributed by atoms with Crippen molar-refractivity contribution in [2.75, 3.05) is 19.0 Å². The summed E-state index contributed by atoms with van der Waals surface area (Å²) >= 11 is 6.56. The first-order valence-corrected chi connectivity index (χ1v) is 11.3. The summed E-state index contributed by atoms with van der Waals surface area (Å²) in [6.07, 6.45) is 3.26. The summed E-state index contributed by atoms with van der Waals surface area (Å²) < 4.78 is 29.7. The second-order valence-corrected chi connectivity index (χ2v) is 8.78. The van der Waals surface area contributed by atoms with Crippen molar-refractivity contribution in [3.05, 3.63) is 82.9 Å². The molecule has 10 heteroatoms. The molecule has 1 aliphatic rings.